The van der Waals surface area contributed by atoms with Gasteiger partial charge in [-0.05, 0) is 42.8 Å². The molecule has 0 aliphatic heterocycles. The van der Waals surface area contributed by atoms with E-state index in [1.54, 1.807) is 37.3 Å². The summed E-state index contributed by atoms with van der Waals surface area (Å²) in [6.45, 7) is 3.21. The van der Waals surface area contributed by atoms with Crippen LogP contribution in [-0.4, -0.2) is 23.8 Å². The number of nitrogens with zero attached hydrogens (tertiary/aromatic N) is 1. The molecule has 0 aliphatic rings. The van der Waals surface area contributed by atoms with Crippen molar-refractivity contribution < 1.29 is 23.6 Å². The highest BCUT2D eigenvalue weighted by Gasteiger charge is 2.18. The zero-order chi connectivity index (χ0) is 20.8. The predicted molar refractivity (Wildman–Crippen MR) is 108 cm³/mol. The molecule has 1 heterocycles. The minimum absolute atomic E-state index is 0.173. The van der Waals surface area contributed by atoms with E-state index < -0.39 is 12.1 Å². The minimum Gasteiger partial charge on any atom is -0.449 e. The predicted octanol–water partition coefficient (Wildman–Crippen LogP) is 5.02. The number of hydrogen-bond acceptors (Lipinski definition) is 6. The topological polar surface area (TPSA) is 90.7 Å². The van der Waals surface area contributed by atoms with Gasteiger partial charge in [-0.3, -0.25) is 10.1 Å². The van der Waals surface area contributed by atoms with Crippen molar-refractivity contribution in [1.82, 2.24) is 5.16 Å². The molecule has 3 rings (SSSR count). The molecule has 1 N–H and O–H groups in total. The second-order valence-electron chi connectivity index (χ2n) is 6.19. The van der Waals surface area contributed by atoms with Crippen LogP contribution in [0.3, 0.4) is 0 Å². The summed E-state index contributed by atoms with van der Waals surface area (Å²) in [5.41, 5.74) is 2.48. The van der Waals surface area contributed by atoms with Crippen molar-refractivity contribution in [3.8, 4) is 17.1 Å². The number of ether oxygens (including phenoxy) is 2. The fourth-order valence-electron chi connectivity index (χ4n) is 2.65. The Bertz CT molecular complexity index is 1010. The maximum atomic E-state index is 12.2. The average Bonchev–Trinajstić information content (AvgIpc) is 3.04. The molecule has 0 atom stereocenters. The highest BCUT2D eigenvalue weighted by molar-refractivity contribution is 6.31. The molecule has 0 saturated carbocycles. The molecule has 0 spiro atoms. The second-order valence-corrected chi connectivity index (χ2v) is 6.60. The number of hydrogen-bond donors (Lipinski definition) is 1. The number of rotatable bonds is 6. The molecule has 29 heavy (non-hydrogen) atoms. The van der Waals surface area contributed by atoms with Crippen LogP contribution in [0.4, 0.5) is 10.5 Å². The lowest BCUT2D eigenvalue weighted by atomic mass is 10.1. The van der Waals surface area contributed by atoms with Gasteiger partial charge in [0.05, 0.1) is 6.61 Å². The lowest BCUT2D eigenvalue weighted by Crippen LogP contribution is -2.16. The van der Waals surface area contributed by atoms with Gasteiger partial charge in [0.15, 0.2) is 5.76 Å². The van der Waals surface area contributed by atoms with Crippen LogP contribution in [0.25, 0.3) is 11.3 Å². The highest BCUT2D eigenvalue weighted by atomic mass is 35.5. The number of nitrogens with one attached hydrogen (secondary N) is 1. The normalized spacial score (nSPS) is 10.4. The number of carbonyl (C=O) groups excluding carboxylic acids is 2. The van der Waals surface area contributed by atoms with Crippen molar-refractivity contribution in [2.45, 2.75) is 20.3 Å². The van der Waals surface area contributed by atoms with Crippen LogP contribution in [0, 0.1) is 6.92 Å². The van der Waals surface area contributed by atoms with Gasteiger partial charge in [-0.15, -0.1) is 0 Å². The van der Waals surface area contributed by atoms with Gasteiger partial charge < -0.3 is 14.0 Å². The molecule has 0 fully saturated rings. The van der Waals surface area contributed by atoms with Gasteiger partial charge in [-0.2, -0.15) is 0 Å². The molecule has 1 amide bonds. The third-order valence-corrected chi connectivity index (χ3v) is 4.40. The number of benzene rings is 2. The van der Waals surface area contributed by atoms with Crippen LogP contribution < -0.4 is 10.1 Å². The molecule has 0 saturated heterocycles. The Balaban J connectivity index is 1.64. The van der Waals surface area contributed by atoms with Gasteiger partial charge >= 0.3 is 12.1 Å². The third-order valence-electron chi connectivity index (χ3n) is 4.03. The number of aromatic nitrogens is 1. The van der Waals surface area contributed by atoms with Gasteiger partial charge in [0.25, 0.3) is 0 Å². The lowest BCUT2D eigenvalue weighted by molar-refractivity contribution is -0.131. The zero-order valence-electron chi connectivity index (χ0n) is 15.9. The summed E-state index contributed by atoms with van der Waals surface area (Å²) < 4.78 is 15.6. The molecule has 7 nitrogen and oxygen atoms in total. The summed E-state index contributed by atoms with van der Waals surface area (Å²) in [5.74, 6) is 0.376. The Morgan fingerprint density at radius 3 is 2.55 bits per heavy atom. The van der Waals surface area contributed by atoms with E-state index in [1.165, 1.54) is 6.92 Å². The smallest absolute Gasteiger partial charge is 0.411 e. The fraction of sp³-hybridized carbons (Fsp3) is 0.190. The maximum Gasteiger partial charge on any atom is 0.411 e. The van der Waals surface area contributed by atoms with Crippen molar-refractivity contribution in [1.29, 1.82) is 0 Å². The molecule has 0 unspecified atom stereocenters. The maximum absolute atomic E-state index is 12.2. The molecule has 1 aromatic heterocycles. The van der Waals surface area contributed by atoms with Crippen molar-refractivity contribution >= 4 is 29.4 Å². The van der Waals surface area contributed by atoms with Crippen LogP contribution in [0.2, 0.25) is 5.02 Å². The summed E-state index contributed by atoms with van der Waals surface area (Å²) in [6, 6.07) is 14.0. The summed E-state index contributed by atoms with van der Waals surface area (Å²) in [5, 5.41) is 7.21. The van der Waals surface area contributed by atoms with Crippen LogP contribution in [0.5, 0.6) is 5.75 Å². The van der Waals surface area contributed by atoms with Gasteiger partial charge in [0.1, 0.15) is 17.1 Å². The van der Waals surface area contributed by atoms with Gasteiger partial charge in [-0.1, -0.05) is 35.0 Å². The fourth-order valence-corrected chi connectivity index (χ4v) is 2.88. The number of carbonyl (C=O) groups is 2. The van der Waals surface area contributed by atoms with E-state index in [0.717, 1.165) is 5.56 Å². The summed E-state index contributed by atoms with van der Waals surface area (Å²) in [7, 11) is 0. The minimum atomic E-state index is -0.624. The molecule has 8 heteroatoms. The van der Waals surface area contributed by atoms with Crippen LogP contribution >= 0.6 is 11.6 Å². The Morgan fingerprint density at radius 2 is 1.86 bits per heavy atom. The van der Waals surface area contributed by atoms with E-state index in [9.17, 15) is 9.59 Å². The number of esters is 1. The monoisotopic (exact) mass is 414 g/mol. The Kier molecular flexibility index (Phi) is 6.51. The van der Waals surface area contributed by atoms with E-state index in [1.807, 2.05) is 18.2 Å². The molecule has 0 bridgehead atoms. The summed E-state index contributed by atoms with van der Waals surface area (Å²) in [6.07, 6.45) is -0.124. The van der Waals surface area contributed by atoms with Crippen molar-refractivity contribution in [2.24, 2.45) is 0 Å². The number of amides is 1. The standard InChI is InChI=1S/C21H19ClN2O5/c1-13-19(23-21(26)27-12-11-15-5-3-4-6-18(15)22)20(29-24-13)16-7-9-17(10-8-16)28-14(2)25/h3-10H,11-12H2,1-2H3,(H,23,26). The molecule has 0 radical (unpaired) electrons. The van der Waals surface area contributed by atoms with Crippen LogP contribution in [-0.2, 0) is 16.0 Å². The molecular formula is C21H19ClN2O5. The number of halogens is 1. The van der Waals surface area contributed by atoms with E-state index in [0.29, 0.717) is 39.9 Å². The first-order valence-electron chi connectivity index (χ1n) is 8.86. The molecule has 0 aliphatic carbocycles. The van der Waals surface area contributed by atoms with Crippen molar-refractivity contribution in [2.75, 3.05) is 11.9 Å². The number of anilines is 1. The van der Waals surface area contributed by atoms with E-state index in [4.69, 9.17) is 25.6 Å². The molecule has 3 aromatic rings. The van der Waals surface area contributed by atoms with Crippen LogP contribution in [0.15, 0.2) is 53.1 Å². The van der Waals surface area contributed by atoms with Gasteiger partial charge in [0.2, 0.25) is 0 Å². The largest absolute Gasteiger partial charge is 0.449 e. The first-order chi connectivity index (χ1) is 13.9. The highest BCUT2D eigenvalue weighted by Crippen LogP contribution is 2.32. The Labute approximate surface area is 172 Å². The van der Waals surface area contributed by atoms with Crippen LogP contribution in [0.1, 0.15) is 18.2 Å². The number of aryl methyl sites for hydroxylation is 1. The van der Waals surface area contributed by atoms with E-state index in [2.05, 4.69) is 10.5 Å². The second kappa shape index (κ2) is 9.25. The van der Waals surface area contributed by atoms with Gasteiger partial charge in [-0.25, -0.2) is 4.79 Å². The van der Waals surface area contributed by atoms with E-state index >= 15 is 0 Å². The quantitative estimate of drug-likeness (QED) is 0.450. The lowest BCUT2D eigenvalue weighted by Gasteiger charge is -2.08. The van der Waals surface area contributed by atoms with Crippen molar-refractivity contribution in [3.63, 3.8) is 0 Å². The molecule has 2 aromatic carbocycles. The first-order valence-corrected chi connectivity index (χ1v) is 9.24. The first kappa shape index (κ1) is 20.4. The third kappa shape index (κ3) is 5.36. The van der Waals surface area contributed by atoms with Gasteiger partial charge in [0, 0.05) is 23.9 Å². The average molecular weight is 415 g/mol. The van der Waals surface area contributed by atoms with E-state index in [-0.39, 0.29) is 6.61 Å². The summed E-state index contributed by atoms with van der Waals surface area (Å²) in [4.78, 5) is 23.2. The Morgan fingerprint density at radius 1 is 1.14 bits per heavy atom. The molecule has 150 valence electrons. The zero-order valence-corrected chi connectivity index (χ0v) is 16.7. The SMILES string of the molecule is CC(=O)Oc1ccc(-c2onc(C)c2NC(=O)OCCc2ccccc2Cl)cc1. The van der Waals surface area contributed by atoms with Crippen molar-refractivity contribution in [3.05, 3.63) is 64.8 Å². The summed E-state index contributed by atoms with van der Waals surface area (Å²) >= 11 is 6.10. The molecular weight excluding hydrogens is 396 g/mol. The Hall–Kier alpha value is -3.32.